The lowest BCUT2D eigenvalue weighted by Crippen LogP contribution is -2.49. The summed E-state index contributed by atoms with van der Waals surface area (Å²) in [6.45, 7) is 4.53. The van der Waals surface area contributed by atoms with Crippen molar-refractivity contribution < 1.29 is 18.0 Å². The molecule has 0 saturated heterocycles. The van der Waals surface area contributed by atoms with Gasteiger partial charge in [0.05, 0.1) is 27.0 Å². The zero-order chi connectivity index (χ0) is 28.5. The third kappa shape index (κ3) is 9.49. The van der Waals surface area contributed by atoms with Gasteiger partial charge in [-0.15, -0.1) is 0 Å². The number of sulfonamides is 1. The molecule has 210 valence electrons. The van der Waals surface area contributed by atoms with Gasteiger partial charge in [0.2, 0.25) is 21.8 Å². The van der Waals surface area contributed by atoms with Gasteiger partial charge in [0.25, 0.3) is 0 Å². The molecule has 2 aromatic rings. The predicted molar refractivity (Wildman–Crippen MR) is 157 cm³/mol. The van der Waals surface area contributed by atoms with Crippen molar-refractivity contribution in [3.63, 3.8) is 0 Å². The van der Waals surface area contributed by atoms with Gasteiger partial charge in [0.15, 0.2) is 0 Å². The van der Waals surface area contributed by atoms with Crippen molar-refractivity contribution in [1.29, 1.82) is 0 Å². The number of halogens is 4. The Bertz CT molecular complexity index is 1230. The second kappa shape index (κ2) is 15.2. The van der Waals surface area contributed by atoms with Crippen LogP contribution in [0.2, 0.25) is 20.1 Å². The molecule has 1 N–H and O–H groups in total. The standard InChI is InChI=1S/C26H33Cl4N3O4S/c1-4-6-13-31-26(35)23(5-2)32(17-18-9-11-20(28)22(30)15-18)25(34)8-7-14-33(38(3,36)37)24-16-19(27)10-12-21(24)29/h9-12,15-16,23H,4-8,13-14,17H2,1-3H3,(H,31,35). The summed E-state index contributed by atoms with van der Waals surface area (Å²) < 4.78 is 26.2. The number of hydrogen-bond acceptors (Lipinski definition) is 4. The van der Waals surface area contributed by atoms with Gasteiger partial charge in [0, 0.05) is 31.1 Å². The van der Waals surface area contributed by atoms with Crippen molar-refractivity contribution in [1.82, 2.24) is 10.2 Å². The highest BCUT2D eigenvalue weighted by Gasteiger charge is 2.29. The third-order valence-corrected chi connectivity index (χ3v) is 8.36. The second-order valence-electron chi connectivity index (χ2n) is 8.87. The number of rotatable bonds is 14. The first kappa shape index (κ1) is 32.5. The molecule has 0 bridgehead atoms. The smallest absolute Gasteiger partial charge is 0.242 e. The number of amides is 2. The number of nitrogens with zero attached hydrogens (tertiary/aromatic N) is 2. The average Bonchev–Trinajstić information content (AvgIpc) is 2.85. The van der Waals surface area contributed by atoms with E-state index >= 15 is 0 Å². The van der Waals surface area contributed by atoms with Crippen LogP contribution in [0.4, 0.5) is 5.69 Å². The van der Waals surface area contributed by atoms with Gasteiger partial charge in [-0.3, -0.25) is 13.9 Å². The van der Waals surface area contributed by atoms with Crippen molar-refractivity contribution in [2.75, 3.05) is 23.7 Å². The van der Waals surface area contributed by atoms with Crippen LogP contribution in [0.5, 0.6) is 0 Å². The normalized spacial score (nSPS) is 12.2. The van der Waals surface area contributed by atoms with Gasteiger partial charge in [-0.2, -0.15) is 0 Å². The lowest BCUT2D eigenvalue weighted by Gasteiger charge is -2.31. The van der Waals surface area contributed by atoms with Crippen LogP contribution in [0, 0.1) is 0 Å². The molecule has 0 fully saturated rings. The number of carbonyl (C=O) groups excluding carboxylic acids is 2. The molecule has 0 spiro atoms. The molecule has 0 aliphatic heterocycles. The molecular formula is C26H33Cl4N3O4S. The number of benzene rings is 2. The summed E-state index contributed by atoms with van der Waals surface area (Å²) in [5, 5.41) is 4.20. The van der Waals surface area contributed by atoms with Crippen molar-refractivity contribution >= 4 is 73.9 Å². The summed E-state index contributed by atoms with van der Waals surface area (Å²) >= 11 is 24.5. The molecule has 2 rings (SSSR count). The topological polar surface area (TPSA) is 86.8 Å². The van der Waals surface area contributed by atoms with Crippen LogP contribution >= 0.6 is 46.4 Å². The minimum Gasteiger partial charge on any atom is -0.354 e. The molecule has 1 unspecified atom stereocenters. The lowest BCUT2D eigenvalue weighted by atomic mass is 10.1. The molecule has 0 aromatic heterocycles. The maximum absolute atomic E-state index is 13.5. The van der Waals surface area contributed by atoms with Crippen LogP contribution in [0.3, 0.4) is 0 Å². The highest BCUT2D eigenvalue weighted by molar-refractivity contribution is 7.92. The van der Waals surface area contributed by atoms with E-state index in [2.05, 4.69) is 5.32 Å². The highest BCUT2D eigenvalue weighted by atomic mass is 35.5. The molecule has 0 radical (unpaired) electrons. The molecule has 0 saturated carbocycles. The van der Waals surface area contributed by atoms with E-state index in [1.54, 1.807) is 24.3 Å². The molecule has 1 atom stereocenters. The van der Waals surface area contributed by atoms with Gasteiger partial charge < -0.3 is 10.2 Å². The quantitative estimate of drug-likeness (QED) is 0.241. The van der Waals surface area contributed by atoms with Crippen LogP contribution in [-0.2, 0) is 26.2 Å². The van der Waals surface area contributed by atoms with E-state index in [4.69, 9.17) is 46.4 Å². The lowest BCUT2D eigenvalue weighted by molar-refractivity contribution is -0.141. The van der Waals surface area contributed by atoms with Crippen LogP contribution < -0.4 is 9.62 Å². The minimum absolute atomic E-state index is 0.00423. The Morgan fingerprint density at radius 3 is 2.24 bits per heavy atom. The first-order chi connectivity index (χ1) is 17.9. The molecule has 12 heteroatoms. The average molecular weight is 625 g/mol. The van der Waals surface area contributed by atoms with E-state index in [1.807, 2.05) is 13.8 Å². The van der Waals surface area contributed by atoms with Crippen LogP contribution in [0.15, 0.2) is 36.4 Å². The van der Waals surface area contributed by atoms with E-state index in [0.717, 1.165) is 29.0 Å². The zero-order valence-electron chi connectivity index (χ0n) is 21.6. The number of hydrogen-bond donors (Lipinski definition) is 1. The first-order valence-electron chi connectivity index (χ1n) is 12.3. The molecule has 0 heterocycles. The van der Waals surface area contributed by atoms with Crippen molar-refractivity contribution in [3.05, 3.63) is 62.1 Å². The van der Waals surface area contributed by atoms with Crippen molar-refractivity contribution in [3.8, 4) is 0 Å². The Labute approximate surface area is 245 Å². The van der Waals surface area contributed by atoms with Crippen LogP contribution in [0.1, 0.15) is 51.5 Å². The summed E-state index contributed by atoms with van der Waals surface area (Å²) in [6.07, 6.45) is 3.42. The Balaban J connectivity index is 2.26. The molecule has 7 nitrogen and oxygen atoms in total. The monoisotopic (exact) mass is 623 g/mol. The molecule has 0 aliphatic rings. The Morgan fingerprint density at radius 2 is 1.63 bits per heavy atom. The maximum atomic E-state index is 13.5. The Hall–Kier alpha value is -1.71. The minimum atomic E-state index is -3.71. The molecule has 2 amide bonds. The summed E-state index contributed by atoms with van der Waals surface area (Å²) in [7, 11) is -3.71. The fraction of sp³-hybridized carbons (Fsp3) is 0.462. The molecule has 0 aliphatic carbocycles. The van der Waals surface area contributed by atoms with Gasteiger partial charge in [-0.05, 0) is 55.2 Å². The van der Waals surface area contributed by atoms with Crippen LogP contribution in [0.25, 0.3) is 0 Å². The number of nitrogens with one attached hydrogen (secondary N) is 1. The first-order valence-corrected chi connectivity index (χ1v) is 15.7. The molecule has 2 aromatic carbocycles. The SMILES string of the molecule is CCCCNC(=O)C(CC)N(Cc1ccc(Cl)c(Cl)c1)C(=O)CCCN(c1cc(Cl)ccc1Cl)S(C)(=O)=O. The summed E-state index contributed by atoms with van der Waals surface area (Å²) in [5.41, 5.74) is 0.958. The summed E-state index contributed by atoms with van der Waals surface area (Å²) in [5.74, 6) is -0.531. The summed E-state index contributed by atoms with van der Waals surface area (Å²) in [6, 6.07) is 8.91. The van der Waals surface area contributed by atoms with Gasteiger partial charge in [0.1, 0.15) is 6.04 Å². The highest BCUT2D eigenvalue weighted by Crippen LogP contribution is 2.31. The number of carbonyl (C=O) groups is 2. The Kier molecular flexibility index (Phi) is 13.0. The van der Waals surface area contributed by atoms with Crippen molar-refractivity contribution in [2.45, 2.75) is 58.5 Å². The zero-order valence-corrected chi connectivity index (χ0v) is 25.5. The fourth-order valence-electron chi connectivity index (χ4n) is 3.92. The van der Waals surface area contributed by atoms with Gasteiger partial charge >= 0.3 is 0 Å². The van der Waals surface area contributed by atoms with Crippen molar-refractivity contribution in [2.24, 2.45) is 0 Å². The maximum Gasteiger partial charge on any atom is 0.242 e. The number of anilines is 1. The largest absolute Gasteiger partial charge is 0.354 e. The van der Waals surface area contributed by atoms with E-state index in [-0.39, 0.29) is 48.5 Å². The predicted octanol–water partition coefficient (Wildman–Crippen LogP) is 6.57. The van der Waals surface area contributed by atoms with E-state index < -0.39 is 16.1 Å². The second-order valence-corrected chi connectivity index (χ2v) is 12.4. The third-order valence-electron chi connectivity index (χ3n) is 5.88. The van der Waals surface area contributed by atoms with E-state index in [0.29, 0.717) is 28.0 Å². The van der Waals surface area contributed by atoms with Gasteiger partial charge in [-0.25, -0.2) is 8.42 Å². The fourth-order valence-corrected chi connectivity index (χ4v) is 5.65. The molecule has 38 heavy (non-hydrogen) atoms. The van der Waals surface area contributed by atoms with Crippen LogP contribution in [-0.4, -0.2) is 50.5 Å². The van der Waals surface area contributed by atoms with E-state index in [9.17, 15) is 18.0 Å². The Morgan fingerprint density at radius 1 is 0.947 bits per heavy atom. The van der Waals surface area contributed by atoms with E-state index in [1.165, 1.54) is 17.0 Å². The number of unbranched alkanes of at least 4 members (excludes halogenated alkanes) is 1. The molecular weight excluding hydrogens is 592 g/mol. The summed E-state index contributed by atoms with van der Waals surface area (Å²) in [4.78, 5) is 28.0. The van der Waals surface area contributed by atoms with Gasteiger partial charge in [-0.1, -0.05) is 72.7 Å².